The number of nitrogens with zero attached hydrogens (tertiary/aromatic N) is 3. The van der Waals surface area contributed by atoms with Crippen molar-refractivity contribution < 1.29 is 4.79 Å². The topological polar surface area (TPSA) is 106 Å². The summed E-state index contributed by atoms with van der Waals surface area (Å²) in [5, 5.41) is 6.13. The highest BCUT2D eigenvalue weighted by atomic mass is 32.2. The van der Waals surface area contributed by atoms with Crippen molar-refractivity contribution in [1.29, 1.82) is 0 Å². The lowest BCUT2D eigenvalue weighted by Gasteiger charge is -2.14. The SMILES string of the molecule is CCc1ccc([C@@H](C)NC(=O)CSCc2nc(N)nc(Nc3ccccc3)n2)cc1. The van der Waals surface area contributed by atoms with Crippen LogP contribution in [0.5, 0.6) is 0 Å². The van der Waals surface area contributed by atoms with Crippen LogP contribution in [0.25, 0.3) is 0 Å². The first-order valence-electron chi connectivity index (χ1n) is 9.82. The van der Waals surface area contributed by atoms with Gasteiger partial charge in [-0.25, -0.2) is 0 Å². The number of hydrogen-bond donors (Lipinski definition) is 3. The summed E-state index contributed by atoms with van der Waals surface area (Å²) in [5.41, 5.74) is 9.04. The van der Waals surface area contributed by atoms with Crippen LogP contribution in [0.4, 0.5) is 17.6 Å². The predicted octanol–water partition coefficient (Wildman–Crippen LogP) is 3.87. The predicted molar refractivity (Wildman–Crippen MR) is 123 cm³/mol. The maximum absolute atomic E-state index is 12.3. The molecule has 4 N–H and O–H groups in total. The third-order valence-electron chi connectivity index (χ3n) is 4.46. The number of hydrogen-bond acceptors (Lipinski definition) is 7. The van der Waals surface area contributed by atoms with Crippen LogP contribution in [-0.2, 0) is 17.0 Å². The molecular formula is C22H26N6OS. The molecule has 1 aromatic heterocycles. The molecule has 1 amide bonds. The van der Waals surface area contributed by atoms with Crippen molar-refractivity contribution in [3.63, 3.8) is 0 Å². The highest BCUT2D eigenvalue weighted by Gasteiger charge is 2.11. The highest BCUT2D eigenvalue weighted by molar-refractivity contribution is 7.99. The molecule has 8 heteroatoms. The highest BCUT2D eigenvalue weighted by Crippen LogP contribution is 2.17. The normalized spacial score (nSPS) is 11.7. The van der Waals surface area contributed by atoms with E-state index in [1.165, 1.54) is 17.3 Å². The molecule has 0 aliphatic heterocycles. The fourth-order valence-electron chi connectivity index (χ4n) is 2.85. The standard InChI is InChI=1S/C22H26N6OS/c1-3-16-9-11-17(12-10-16)15(2)24-20(29)14-30-13-19-26-21(23)28-22(27-19)25-18-7-5-4-6-8-18/h4-12,15H,3,13-14H2,1-2H3,(H,24,29)(H3,23,25,26,27,28)/t15-/m1/s1. The Hall–Kier alpha value is -3.13. The summed E-state index contributed by atoms with van der Waals surface area (Å²) in [6, 6.07) is 17.9. The van der Waals surface area contributed by atoms with E-state index in [1.54, 1.807) is 0 Å². The van der Waals surface area contributed by atoms with E-state index in [9.17, 15) is 4.79 Å². The molecule has 0 radical (unpaired) electrons. The van der Waals surface area contributed by atoms with Gasteiger partial charge in [-0.2, -0.15) is 15.0 Å². The smallest absolute Gasteiger partial charge is 0.232 e. The fraction of sp³-hybridized carbons (Fsp3) is 0.273. The second-order valence-corrected chi connectivity index (χ2v) is 7.79. The van der Waals surface area contributed by atoms with E-state index in [-0.39, 0.29) is 17.9 Å². The number of thioether (sulfide) groups is 1. The third kappa shape index (κ3) is 6.45. The molecule has 0 fully saturated rings. The Morgan fingerprint density at radius 1 is 1.07 bits per heavy atom. The zero-order valence-corrected chi connectivity index (χ0v) is 17.9. The van der Waals surface area contributed by atoms with Crippen molar-refractivity contribution in [3.8, 4) is 0 Å². The second-order valence-electron chi connectivity index (χ2n) is 6.80. The van der Waals surface area contributed by atoms with E-state index in [0.29, 0.717) is 23.3 Å². The number of nitrogens with two attached hydrogens (primary N) is 1. The molecule has 30 heavy (non-hydrogen) atoms. The van der Waals surface area contributed by atoms with Crippen LogP contribution in [-0.4, -0.2) is 26.6 Å². The van der Waals surface area contributed by atoms with Gasteiger partial charge in [-0.3, -0.25) is 4.79 Å². The number of nitrogens with one attached hydrogen (secondary N) is 2. The molecule has 156 valence electrons. The van der Waals surface area contributed by atoms with Gasteiger partial charge in [-0.1, -0.05) is 49.4 Å². The lowest BCUT2D eigenvalue weighted by atomic mass is 10.1. The molecule has 0 unspecified atom stereocenters. The van der Waals surface area contributed by atoms with E-state index in [4.69, 9.17) is 5.73 Å². The first-order valence-corrected chi connectivity index (χ1v) is 11.0. The average molecular weight is 423 g/mol. The number of rotatable bonds is 9. The Labute approximate surface area is 180 Å². The zero-order valence-electron chi connectivity index (χ0n) is 17.1. The first kappa shape index (κ1) is 21.6. The minimum atomic E-state index is -0.0431. The Morgan fingerprint density at radius 3 is 2.50 bits per heavy atom. The van der Waals surface area contributed by atoms with Gasteiger partial charge in [0.25, 0.3) is 0 Å². The second kappa shape index (κ2) is 10.6. The first-order chi connectivity index (χ1) is 14.5. The number of benzene rings is 2. The number of anilines is 3. The van der Waals surface area contributed by atoms with Gasteiger partial charge in [0.15, 0.2) is 0 Å². The number of nitrogen functional groups attached to an aromatic ring is 1. The number of amides is 1. The molecule has 0 aliphatic rings. The van der Waals surface area contributed by atoms with Crippen molar-refractivity contribution in [2.45, 2.75) is 32.1 Å². The number of carbonyl (C=O) groups excluding carboxylic acids is 1. The van der Waals surface area contributed by atoms with Crippen molar-refractivity contribution in [2.24, 2.45) is 0 Å². The Morgan fingerprint density at radius 2 is 1.80 bits per heavy atom. The van der Waals surface area contributed by atoms with Gasteiger partial charge in [0.2, 0.25) is 17.8 Å². The summed E-state index contributed by atoms with van der Waals surface area (Å²) >= 11 is 1.43. The van der Waals surface area contributed by atoms with E-state index in [0.717, 1.165) is 17.7 Å². The lowest BCUT2D eigenvalue weighted by Crippen LogP contribution is -2.28. The summed E-state index contributed by atoms with van der Waals surface area (Å²) in [6.07, 6.45) is 1.00. The molecule has 1 atom stereocenters. The van der Waals surface area contributed by atoms with Crippen molar-refractivity contribution in [2.75, 3.05) is 16.8 Å². The van der Waals surface area contributed by atoms with Crippen LogP contribution in [0.2, 0.25) is 0 Å². The van der Waals surface area contributed by atoms with Gasteiger partial charge in [0.1, 0.15) is 5.82 Å². The largest absolute Gasteiger partial charge is 0.368 e. The molecule has 0 saturated heterocycles. The van der Waals surface area contributed by atoms with Crippen molar-refractivity contribution in [1.82, 2.24) is 20.3 Å². The van der Waals surface area contributed by atoms with E-state index >= 15 is 0 Å². The Balaban J connectivity index is 1.49. The minimum absolute atomic E-state index is 0.0308. The van der Waals surface area contributed by atoms with Crippen LogP contribution in [0, 0.1) is 0 Å². The fourth-order valence-corrected chi connectivity index (χ4v) is 3.53. The molecule has 2 aromatic carbocycles. The third-order valence-corrected chi connectivity index (χ3v) is 5.39. The van der Waals surface area contributed by atoms with Crippen LogP contribution in [0.3, 0.4) is 0 Å². The van der Waals surface area contributed by atoms with E-state index in [1.807, 2.05) is 37.3 Å². The number of carbonyl (C=O) groups is 1. The van der Waals surface area contributed by atoms with Gasteiger partial charge in [-0.05, 0) is 36.6 Å². The average Bonchev–Trinajstić information content (AvgIpc) is 2.74. The van der Waals surface area contributed by atoms with Crippen LogP contribution in [0.15, 0.2) is 54.6 Å². The monoisotopic (exact) mass is 422 g/mol. The molecule has 7 nitrogen and oxygen atoms in total. The van der Waals surface area contributed by atoms with Gasteiger partial charge < -0.3 is 16.4 Å². The molecule has 3 aromatic rings. The molecule has 0 aliphatic carbocycles. The maximum atomic E-state index is 12.3. The van der Waals surface area contributed by atoms with Crippen LogP contribution in [0.1, 0.15) is 36.8 Å². The van der Waals surface area contributed by atoms with Gasteiger partial charge in [0, 0.05) is 5.69 Å². The van der Waals surface area contributed by atoms with Crippen LogP contribution < -0.4 is 16.4 Å². The van der Waals surface area contributed by atoms with Crippen molar-refractivity contribution >= 4 is 35.3 Å². The summed E-state index contributed by atoms with van der Waals surface area (Å²) < 4.78 is 0. The zero-order chi connectivity index (χ0) is 21.3. The summed E-state index contributed by atoms with van der Waals surface area (Å²) in [6.45, 7) is 4.11. The molecule has 0 spiro atoms. The van der Waals surface area contributed by atoms with Gasteiger partial charge >= 0.3 is 0 Å². The van der Waals surface area contributed by atoms with Gasteiger partial charge in [0.05, 0.1) is 17.5 Å². The summed E-state index contributed by atoms with van der Waals surface area (Å²) in [7, 11) is 0. The lowest BCUT2D eigenvalue weighted by molar-refractivity contribution is -0.119. The Bertz CT molecular complexity index is 965. The molecule has 0 saturated carbocycles. The van der Waals surface area contributed by atoms with Crippen molar-refractivity contribution in [3.05, 3.63) is 71.5 Å². The summed E-state index contributed by atoms with van der Waals surface area (Å²) in [5.74, 6) is 1.80. The maximum Gasteiger partial charge on any atom is 0.232 e. The Kier molecular flexibility index (Phi) is 7.62. The minimum Gasteiger partial charge on any atom is -0.368 e. The summed E-state index contributed by atoms with van der Waals surface area (Å²) in [4.78, 5) is 25.0. The molecule has 3 rings (SSSR count). The molecule has 1 heterocycles. The quantitative estimate of drug-likeness (QED) is 0.481. The number of aromatic nitrogens is 3. The van der Waals surface area contributed by atoms with Crippen LogP contribution >= 0.6 is 11.8 Å². The van der Waals surface area contributed by atoms with Gasteiger partial charge in [-0.15, -0.1) is 11.8 Å². The van der Waals surface area contributed by atoms with E-state index < -0.39 is 0 Å². The molecule has 0 bridgehead atoms. The number of aryl methyl sites for hydroxylation is 1. The van der Waals surface area contributed by atoms with E-state index in [2.05, 4.69) is 56.8 Å². The number of para-hydroxylation sites is 1. The molecular weight excluding hydrogens is 396 g/mol.